The van der Waals surface area contributed by atoms with Gasteiger partial charge in [0.25, 0.3) is 0 Å². The molecule has 1 aromatic heterocycles. The number of anilines is 1. The predicted molar refractivity (Wildman–Crippen MR) is 84.0 cm³/mol. The summed E-state index contributed by atoms with van der Waals surface area (Å²) in [6.07, 6.45) is 1.00. The van der Waals surface area contributed by atoms with Crippen LogP contribution in [0.2, 0.25) is 0 Å². The number of nitrogens with zero attached hydrogens (tertiary/aromatic N) is 2. The molecule has 0 spiro atoms. The van der Waals surface area contributed by atoms with Crippen LogP contribution in [-0.2, 0) is 0 Å². The van der Waals surface area contributed by atoms with Crippen molar-refractivity contribution in [1.29, 1.82) is 0 Å². The highest BCUT2D eigenvalue weighted by Crippen LogP contribution is 2.37. The largest absolute Gasteiger partial charge is 0.496 e. The summed E-state index contributed by atoms with van der Waals surface area (Å²) in [7, 11) is 1.72. The van der Waals surface area contributed by atoms with Gasteiger partial charge in [0, 0.05) is 17.5 Å². The van der Waals surface area contributed by atoms with E-state index in [0.717, 1.165) is 30.0 Å². The van der Waals surface area contributed by atoms with E-state index >= 15 is 0 Å². The van der Waals surface area contributed by atoms with Crippen molar-refractivity contribution in [1.82, 2.24) is 9.78 Å². The predicted octanol–water partition coefficient (Wildman–Crippen LogP) is 3.45. The fraction of sp³-hybridized carbons (Fsp3) is 0.235. The molecular weight excluding hydrogens is 262 g/mol. The maximum atomic E-state index is 5.53. The van der Waals surface area contributed by atoms with Crippen molar-refractivity contribution in [2.45, 2.75) is 12.5 Å². The number of nitrogens with one attached hydrogen (secondary N) is 1. The van der Waals surface area contributed by atoms with Crippen molar-refractivity contribution < 1.29 is 4.74 Å². The maximum absolute atomic E-state index is 5.53. The van der Waals surface area contributed by atoms with E-state index in [9.17, 15) is 0 Å². The number of ether oxygens (including phenoxy) is 1. The fourth-order valence-corrected chi connectivity index (χ4v) is 3.13. The Morgan fingerprint density at radius 2 is 1.95 bits per heavy atom. The van der Waals surface area contributed by atoms with E-state index < -0.39 is 0 Å². The summed E-state index contributed by atoms with van der Waals surface area (Å²) in [6, 6.07) is 16.7. The van der Waals surface area contributed by atoms with E-state index in [1.807, 2.05) is 18.2 Å². The van der Waals surface area contributed by atoms with Crippen molar-refractivity contribution in [3.05, 3.63) is 54.1 Å². The van der Waals surface area contributed by atoms with Crippen LogP contribution in [0.25, 0.3) is 10.9 Å². The van der Waals surface area contributed by atoms with Gasteiger partial charge in [0.2, 0.25) is 0 Å². The molecule has 1 unspecified atom stereocenters. The number of para-hydroxylation sites is 1. The molecule has 0 bridgehead atoms. The molecule has 0 amide bonds. The molecule has 0 radical (unpaired) electrons. The Kier molecular flexibility index (Phi) is 2.81. The molecule has 1 N–H and O–H groups in total. The molecule has 1 aliphatic heterocycles. The Balaban J connectivity index is 1.90. The molecular formula is C17H17N3O. The van der Waals surface area contributed by atoms with Crippen LogP contribution in [0.15, 0.2) is 48.5 Å². The molecule has 4 rings (SSSR count). The Hall–Kier alpha value is -2.49. The van der Waals surface area contributed by atoms with E-state index in [0.29, 0.717) is 0 Å². The van der Waals surface area contributed by atoms with Gasteiger partial charge >= 0.3 is 0 Å². The second-order valence-corrected chi connectivity index (χ2v) is 5.28. The first-order chi connectivity index (χ1) is 10.4. The Labute approximate surface area is 123 Å². The van der Waals surface area contributed by atoms with Gasteiger partial charge in [0.1, 0.15) is 11.6 Å². The lowest BCUT2D eigenvalue weighted by Gasteiger charge is -2.27. The van der Waals surface area contributed by atoms with Gasteiger partial charge in [-0.25, -0.2) is 4.68 Å². The minimum absolute atomic E-state index is 0.213. The summed E-state index contributed by atoms with van der Waals surface area (Å²) in [4.78, 5) is 0. The second-order valence-electron chi connectivity index (χ2n) is 5.28. The highest BCUT2D eigenvalue weighted by molar-refractivity contribution is 5.90. The van der Waals surface area contributed by atoms with Crippen molar-refractivity contribution in [2.24, 2.45) is 0 Å². The monoisotopic (exact) mass is 279 g/mol. The minimum atomic E-state index is 0.213. The van der Waals surface area contributed by atoms with Crippen LogP contribution in [0.1, 0.15) is 18.0 Å². The Morgan fingerprint density at radius 1 is 1.14 bits per heavy atom. The zero-order valence-electron chi connectivity index (χ0n) is 11.9. The molecule has 4 heteroatoms. The zero-order valence-corrected chi connectivity index (χ0v) is 11.9. The minimum Gasteiger partial charge on any atom is -0.496 e. The molecule has 1 atom stereocenters. The van der Waals surface area contributed by atoms with Crippen LogP contribution < -0.4 is 10.1 Å². The van der Waals surface area contributed by atoms with Gasteiger partial charge < -0.3 is 10.1 Å². The Morgan fingerprint density at radius 3 is 2.86 bits per heavy atom. The summed E-state index contributed by atoms with van der Waals surface area (Å²) in [5.41, 5.74) is 2.22. The van der Waals surface area contributed by atoms with Crippen LogP contribution >= 0.6 is 0 Å². The number of hydrogen-bond donors (Lipinski definition) is 1. The first-order valence-electron chi connectivity index (χ1n) is 7.22. The lowest BCUT2D eigenvalue weighted by molar-refractivity contribution is 0.392. The molecule has 0 saturated carbocycles. The third-order valence-corrected chi connectivity index (χ3v) is 4.11. The van der Waals surface area contributed by atoms with Crippen LogP contribution in [0.4, 0.5) is 5.82 Å². The SMILES string of the molecule is COc1ccccc1C1CCNc2c3ccccc3nn21. The third-order valence-electron chi connectivity index (χ3n) is 4.11. The maximum Gasteiger partial charge on any atom is 0.132 e. The van der Waals surface area contributed by atoms with E-state index in [2.05, 4.69) is 40.3 Å². The molecule has 4 nitrogen and oxygen atoms in total. The van der Waals surface area contributed by atoms with Crippen molar-refractivity contribution in [3.8, 4) is 5.75 Å². The van der Waals surface area contributed by atoms with Gasteiger partial charge in [-0.15, -0.1) is 0 Å². The van der Waals surface area contributed by atoms with E-state index in [-0.39, 0.29) is 6.04 Å². The van der Waals surface area contributed by atoms with E-state index in [4.69, 9.17) is 9.84 Å². The summed E-state index contributed by atoms with van der Waals surface area (Å²) in [5.74, 6) is 2.03. The van der Waals surface area contributed by atoms with Crippen LogP contribution in [0.5, 0.6) is 5.75 Å². The van der Waals surface area contributed by atoms with Crippen LogP contribution in [-0.4, -0.2) is 23.4 Å². The smallest absolute Gasteiger partial charge is 0.132 e. The third kappa shape index (κ3) is 1.87. The number of fused-ring (bicyclic) bond motifs is 3. The topological polar surface area (TPSA) is 39.1 Å². The molecule has 3 aromatic rings. The zero-order chi connectivity index (χ0) is 14.2. The molecule has 1 aliphatic rings. The van der Waals surface area contributed by atoms with Gasteiger partial charge in [0.15, 0.2) is 0 Å². The van der Waals surface area contributed by atoms with Gasteiger partial charge in [-0.2, -0.15) is 5.10 Å². The lowest BCUT2D eigenvalue weighted by atomic mass is 10.0. The van der Waals surface area contributed by atoms with Gasteiger partial charge in [0.05, 0.1) is 18.7 Å². The van der Waals surface area contributed by atoms with Crippen LogP contribution in [0, 0.1) is 0 Å². The average molecular weight is 279 g/mol. The molecule has 21 heavy (non-hydrogen) atoms. The fourth-order valence-electron chi connectivity index (χ4n) is 3.13. The summed E-state index contributed by atoms with van der Waals surface area (Å²) >= 11 is 0. The number of aromatic nitrogens is 2. The number of hydrogen-bond acceptors (Lipinski definition) is 3. The standard InChI is InChI=1S/C17H17N3O/c1-21-16-9-5-3-7-13(16)15-10-11-18-17-12-6-2-4-8-14(12)19-20(15)17/h2-9,15,18H,10-11H2,1H3. The summed E-state index contributed by atoms with van der Waals surface area (Å²) < 4.78 is 7.63. The van der Waals surface area contributed by atoms with Gasteiger partial charge in [-0.05, 0) is 24.6 Å². The van der Waals surface area contributed by atoms with E-state index in [1.54, 1.807) is 7.11 Å². The lowest BCUT2D eigenvalue weighted by Crippen LogP contribution is -2.24. The number of benzene rings is 2. The molecule has 2 aromatic carbocycles. The molecule has 0 aliphatic carbocycles. The normalized spacial score (nSPS) is 17.3. The molecule has 2 heterocycles. The molecule has 0 fully saturated rings. The van der Waals surface area contributed by atoms with Gasteiger partial charge in [-0.1, -0.05) is 30.3 Å². The highest BCUT2D eigenvalue weighted by atomic mass is 16.5. The van der Waals surface area contributed by atoms with Gasteiger partial charge in [-0.3, -0.25) is 0 Å². The summed E-state index contributed by atoms with van der Waals surface area (Å²) in [5, 5.41) is 9.45. The van der Waals surface area contributed by atoms with E-state index in [1.165, 1.54) is 10.9 Å². The first-order valence-corrected chi connectivity index (χ1v) is 7.22. The molecule has 106 valence electrons. The second kappa shape index (κ2) is 4.81. The molecule has 0 saturated heterocycles. The van der Waals surface area contributed by atoms with Crippen molar-refractivity contribution in [3.63, 3.8) is 0 Å². The van der Waals surface area contributed by atoms with Crippen molar-refractivity contribution in [2.75, 3.05) is 19.0 Å². The average Bonchev–Trinajstić information content (AvgIpc) is 2.93. The Bertz CT molecular complexity index is 794. The quantitative estimate of drug-likeness (QED) is 0.781. The van der Waals surface area contributed by atoms with Crippen LogP contribution in [0.3, 0.4) is 0 Å². The number of methoxy groups -OCH3 is 1. The number of rotatable bonds is 2. The first kappa shape index (κ1) is 12.3. The summed E-state index contributed by atoms with van der Waals surface area (Å²) in [6.45, 7) is 0.943. The van der Waals surface area contributed by atoms with Crippen molar-refractivity contribution >= 4 is 16.7 Å². The highest BCUT2D eigenvalue weighted by Gasteiger charge is 2.26.